The van der Waals surface area contributed by atoms with Crippen LogP contribution in [0.3, 0.4) is 0 Å². The molecule has 2 aliphatic heterocycles. The number of morpholine rings is 1. The fourth-order valence-electron chi connectivity index (χ4n) is 3.34. The van der Waals surface area contributed by atoms with Crippen LogP contribution >= 0.6 is 11.8 Å². The van der Waals surface area contributed by atoms with Crippen molar-refractivity contribution in [3.63, 3.8) is 0 Å². The van der Waals surface area contributed by atoms with Crippen LogP contribution in [0.4, 0.5) is 0 Å². The number of aromatic amines is 1. The van der Waals surface area contributed by atoms with Crippen molar-refractivity contribution in [3.8, 4) is 0 Å². The van der Waals surface area contributed by atoms with Gasteiger partial charge in [-0.25, -0.2) is 9.89 Å². The highest BCUT2D eigenvalue weighted by molar-refractivity contribution is 7.99. The molecule has 3 heterocycles. The molecule has 0 bridgehead atoms. The highest BCUT2D eigenvalue weighted by atomic mass is 32.2. The molecule has 0 radical (unpaired) electrons. The topological polar surface area (TPSA) is 101 Å². The molecule has 27 heavy (non-hydrogen) atoms. The summed E-state index contributed by atoms with van der Waals surface area (Å²) in [4.78, 5) is 26.6. The molecule has 0 saturated carbocycles. The predicted octanol–water partition coefficient (Wildman–Crippen LogP) is 0.0695. The van der Waals surface area contributed by atoms with E-state index in [4.69, 9.17) is 9.47 Å². The van der Waals surface area contributed by atoms with E-state index >= 15 is 0 Å². The lowest BCUT2D eigenvalue weighted by atomic mass is 10.0. The van der Waals surface area contributed by atoms with E-state index < -0.39 is 0 Å². The van der Waals surface area contributed by atoms with E-state index in [0.29, 0.717) is 18.2 Å². The minimum absolute atomic E-state index is 0.0443. The predicted molar refractivity (Wildman–Crippen MR) is 102 cm³/mol. The van der Waals surface area contributed by atoms with Crippen LogP contribution < -0.4 is 11.0 Å². The molecule has 2 N–H and O–H groups in total. The molecule has 2 aliphatic rings. The van der Waals surface area contributed by atoms with Crippen LogP contribution in [0.25, 0.3) is 0 Å². The monoisotopic (exact) mass is 399 g/mol. The number of nitrogens with one attached hydrogen (secondary N) is 2. The van der Waals surface area contributed by atoms with Crippen LogP contribution in [0.15, 0.2) is 9.95 Å². The molecule has 1 atom stereocenters. The lowest BCUT2D eigenvalue weighted by molar-refractivity contribution is -0.119. The van der Waals surface area contributed by atoms with E-state index in [1.54, 1.807) is 4.57 Å². The number of rotatable bonds is 8. The zero-order valence-electron chi connectivity index (χ0n) is 16.0. The molecule has 10 heteroatoms. The van der Waals surface area contributed by atoms with Gasteiger partial charge in [-0.15, -0.1) is 5.10 Å². The second-order valence-electron chi connectivity index (χ2n) is 7.53. The summed E-state index contributed by atoms with van der Waals surface area (Å²) in [7, 11) is 0. The fourth-order valence-corrected chi connectivity index (χ4v) is 4.13. The minimum Gasteiger partial charge on any atom is -0.379 e. The summed E-state index contributed by atoms with van der Waals surface area (Å²) in [5, 5.41) is 10.0. The van der Waals surface area contributed by atoms with E-state index in [2.05, 4.69) is 34.3 Å². The van der Waals surface area contributed by atoms with Gasteiger partial charge in [-0.3, -0.25) is 14.3 Å². The molecule has 1 aromatic heterocycles. The van der Waals surface area contributed by atoms with Gasteiger partial charge in [0.2, 0.25) is 5.91 Å². The van der Waals surface area contributed by atoms with E-state index in [1.165, 1.54) is 11.8 Å². The second-order valence-corrected chi connectivity index (χ2v) is 8.48. The second kappa shape index (κ2) is 9.22. The number of ether oxygens (including phenoxy) is 2. The van der Waals surface area contributed by atoms with Crippen LogP contribution in [-0.2, 0) is 20.8 Å². The normalized spacial score (nSPS) is 21.5. The number of H-pyrrole nitrogens is 1. The third-order valence-electron chi connectivity index (χ3n) is 5.05. The van der Waals surface area contributed by atoms with Crippen molar-refractivity contribution in [2.45, 2.75) is 50.0 Å². The molecule has 1 unspecified atom stereocenters. The summed E-state index contributed by atoms with van der Waals surface area (Å²) < 4.78 is 12.5. The Morgan fingerprint density at radius 1 is 1.37 bits per heavy atom. The van der Waals surface area contributed by atoms with Crippen LogP contribution in [0, 0.1) is 0 Å². The third-order valence-corrected chi connectivity index (χ3v) is 6.03. The molecule has 9 nitrogen and oxygen atoms in total. The molecule has 2 fully saturated rings. The number of nitrogens with zero attached hydrogens (tertiary/aromatic N) is 3. The molecular weight excluding hydrogens is 370 g/mol. The maximum Gasteiger partial charge on any atom is 0.344 e. The Balaban J connectivity index is 1.47. The number of carbonyl (C=O) groups excluding carboxylic acids is 1. The van der Waals surface area contributed by atoms with Crippen LogP contribution in [0.1, 0.15) is 26.7 Å². The first-order chi connectivity index (χ1) is 13.0. The van der Waals surface area contributed by atoms with Crippen molar-refractivity contribution < 1.29 is 14.3 Å². The lowest BCUT2D eigenvalue weighted by Crippen LogP contribution is -2.55. The van der Waals surface area contributed by atoms with Crippen LogP contribution in [0.5, 0.6) is 0 Å². The van der Waals surface area contributed by atoms with Gasteiger partial charge in [0.15, 0.2) is 5.16 Å². The fraction of sp³-hybridized carbons (Fsp3) is 0.824. The molecule has 0 spiro atoms. The summed E-state index contributed by atoms with van der Waals surface area (Å²) in [6.07, 6.45) is 2.00. The molecule has 0 aromatic carbocycles. The number of amides is 1. The van der Waals surface area contributed by atoms with E-state index in [1.807, 2.05) is 0 Å². The van der Waals surface area contributed by atoms with Crippen molar-refractivity contribution in [3.05, 3.63) is 10.5 Å². The Hall–Kier alpha value is -1.36. The van der Waals surface area contributed by atoms with Gasteiger partial charge >= 0.3 is 5.69 Å². The van der Waals surface area contributed by atoms with Gasteiger partial charge in [0.25, 0.3) is 0 Å². The Kier molecular flexibility index (Phi) is 6.96. The smallest absolute Gasteiger partial charge is 0.344 e. The largest absolute Gasteiger partial charge is 0.379 e. The average Bonchev–Trinajstić information content (AvgIpc) is 3.30. The molecule has 2 saturated heterocycles. The van der Waals surface area contributed by atoms with Crippen LogP contribution in [0.2, 0.25) is 0 Å². The van der Waals surface area contributed by atoms with Crippen molar-refractivity contribution in [2.24, 2.45) is 0 Å². The summed E-state index contributed by atoms with van der Waals surface area (Å²) in [5.41, 5.74) is -0.389. The van der Waals surface area contributed by atoms with Gasteiger partial charge in [-0.2, -0.15) is 0 Å². The molecule has 1 amide bonds. The van der Waals surface area contributed by atoms with E-state index in [-0.39, 0.29) is 29.0 Å². The molecule has 3 rings (SSSR count). The number of thioether (sulfide) groups is 1. The van der Waals surface area contributed by atoms with Crippen molar-refractivity contribution in [1.82, 2.24) is 25.0 Å². The van der Waals surface area contributed by atoms with Gasteiger partial charge in [0.1, 0.15) is 0 Å². The Morgan fingerprint density at radius 2 is 2.15 bits per heavy atom. The van der Waals surface area contributed by atoms with E-state index in [9.17, 15) is 9.59 Å². The standard InChI is InChI=1S/C17H29N5O4S/c1-17(2,21-5-8-25-9-6-21)12-18-14(23)11-27-16-20-19-15(24)22(16)10-13-4-3-7-26-13/h13H,3-12H2,1-2H3,(H,18,23)(H,19,24). The van der Waals surface area contributed by atoms with E-state index in [0.717, 1.165) is 45.8 Å². The molecule has 0 aliphatic carbocycles. The molecule has 1 aromatic rings. The lowest BCUT2D eigenvalue weighted by Gasteiger charge is -2.40. The van der Waals surface area contributed by atoms with Crippen molar-refractivity contribution >= 4 is 17.7 Å². The van der Waals surface area contributed by atoms with Crippen LogP contribution in [-0.4, -0.2) is 82.4 Å². The number of hydrogen-bond acceptors (Lipinski definition) is 7. The third kappa shape index (κ3) is 5.56. The van der Waals surface area contributed by atoms with Crippen molar-refractivity contribution in [2.75, 3.05) is 45.2 Å². The quantitative estimate of drug-likeness (QED) is 0.597. The van der Waals surface area contributed by atoms with Gasteiger partial charge in [0.05, 0.1) is 31.6 Å². The number of aromatic nitrogens is 3. The zero-order chi connectivity index (χ0) is 19.3. The van der Waals surface area contributed by atoms with Crippen molar-refractivity contribution in [1.29, 1.82) is 0 Å². The molecule has 152 valence electrons. The van der Waals surface area contributed by atoms with Gasteiger partial charge < -0.3 is 14.8 Å². The highest BCUT2D eigenvalue weighted by Gasteiger charge is 2.28. The summed E-state index contributed by atoms with van der Waals surface area (Å²) in [6.45, 7) is 9.24. The zero-order valence-corrected chi connectivity index (χ0v) is 16.8. The van der Waals surface area contributed by atoms with Gasteiger partial charge in [0, 0.05) is 31.8 Å². The first kappa shape index (κ1) is 20.4. The average molecular weight is 400 g/mol. The number of hydrogen-bond donors (Lipinski definition) is 2. The highest BCUT2D eigenvalue weighted by Crippen LogP contribution is 2.18. The summed E-state index contributed by atoms with van der Waals surface area (Å²) in [5.74, 6) is 0.148. The SMILES string of the molecule is CC(C)(CNC(=O)CSc1n[nH]c(=O)n1CC1CCCO1)N1CCOCC1. The summed E-state index contributed by atoms with van der Waals surface area (Å²) >= 11 is 1.26. The number of carbonyl (C=O) groups is 1. The Bertz CT molecular complexity index is 677. The maximum atomic E-state index is 12.3. The Labute approximate surface area is 163 Å². The molecular formula is C17H29N5O4S. The minimum atomic E-state index is -0.262. The van der Waals surface area contributed by atoms with Gasteiger partial charge in [-0.1, -0.05) is 11.8 Å². The maximum absolute atomic E-state index is 12.3. The summed E-state index contributed by atoms with van der Waals surface area (Å²) in [6, 6.07) is 0. The first-order valence-electron chi connectivity index (χ1n) is 9.45. The Morgan fingerprint density at radius 3 is 2.85 bits per heavy atom. The first-order valence-corrected chi connectivity index (χ1v) is 10.4. The van der Waals surface area contributed by atoms with Gasteiger partial charge in [-0.05, 0) is 26.7 Å².